The predicted molar refractivity (Wildman–Crippen MR) is 105 cm³/mol. The van der Waals surface area contributed by atoms with Crippen molar-refractivity contribution in [2.75, 3.05) is 33.4 Å². The number of carboxylic acid groups (broad SMARTS) is 1. The molecule has 2 heterocycles. The smallest absolute Gasteiger partial charge is 0.335 e. The second-order valence-electron chi connectivity index (χ2n) is 6.90. The van der Waals surface area contributed by atoms with Gasteiger partial charge in [0.05, 0.1) is 24.7 Å². The van der Waals surface area contributed by atoms with Crippen LogP contribution in [-0.2, 0) is 20.9 Å². The quantitative estimate of drug-likeness (QED) is 0.695. The number of carbonyl (C=O) groups is 2. The summed E-state index contributed by atoms with van der Waals surface area (Å²) in [5.74, 6) is -2.49. The lowest BCUT2D eigenvalue weighted by Gasteiger charge is -2.28. The lowest BCUT2D eigenvalue weighted by molar-refractivity contribution is -0.135. The van der Waals surface area contributed by atoms with Crippen LogP contribution in [0.2, 0.25) is 0 Å². The Balaban J connectivity index is 2.01. The Morgan fingerprint density at radius 2 is 1.87 bits per heavy atom. The summed E-state index contributed by atoms with van der Waals surface area (Å²) in [6.45, 7) is 1.79. The summed E-state index contributed by atoms with van der Waals surface area (Å²) in [5.41, 5.74) is -0.0280. The van der Waals surface area contributed by atoms with Gasteiger partial charge in [-0.25, -0.2) is 4.79 Å². The summed E-state index contributed by atoms with van der Waals surface area (Å²) in [7, 11) is 1.44. The molecule has 0 saturated carbocycles. The summed E-state index contributed by atoms with van der Waals surface area (Å²) in [4.78, 5) is 37.9. The molecule has 9 nitrogen and oxygen atoms in total. The fraction of sp³-hybridized carbons (Fsp3) is 0.381. The number of hydrogen-bond acceptors (Lipinski definition) is 7. The number of ether oxygens (including phenoxy) is 2. The van der Waals surface area contributed by atoms with Crippen molar-refractivity contribution < 1.29 is 33.7 Å². The first kappa shape index (κ1) is 21.5. The summed E-state index contributed by atoms with van der Waals surface area (Å²) < 4.78 is 16.0. The molecule has 0 aliphatic carbocycles. The standard InChI is InChI=1S/C21H23NO8/c1-28-12-15-10-17(23)19(25)20(30-15)16(11-18(24)22-6-8-29-9-7-22)13-2-4-14(5-3-13)21(26)27/h2-5,10,16,25H,6-9,11-12H2,1H3,(H,26,27)/t16-/m1/s1. The number of benzene rings is 1. The van der Waals surface area contributed by atoms with E-state index in [1.807, 2.05) is 0 Å². The number of methoxy groups -OCH3 is 1. The Kier molecular flexibility index (Phi) is 6.86. The molecule has 1 aromatic heterocycles. The number of nitrogens with zero attached hydrogens (tertiary/aromatic N) is 1. The molecular formula is C21H23NO8. The van der Waals surface area contributed by atoms with Gasteiger partial charge in [-0.05, 0) is 17.7 Å². The van der Waals surface area contributed by atoms with Crippen LogP contribution in [0.25, 0.3) is 0 Å². The van der Waals surface area contributed by atoms with Gasteiger partial charge in [0.15, 0.2) is 5.76 Å². The lowest BCUT2D eigenvalue weighted by atomic mass is 9.91. The van der Waals surface area contributed by atoms with Crippen LogP contribution in [0.3, 0.4) is 0 Å². The zero-order valence-electron chi connectivity index (χ0n) is 16.5. The van der Waals surface area contributed by atoms with Gasteiger partial charge in [-0.1, -0.05) is 12.1 Å². The molecule has 1 saturated heterocycles. The van der Waals surface area contributed by atoms with Crippen molar-refractivity contribution in [3.63, 3.8) is 0 Å². The van der Waals surface area contributed by atoms with Crippen molar-refractivity contribution in [2.24, 2.45) is 0 Å². The average Bonchev–Trinajstić information content (AvgIpc) is 2.75. The maximum atomic E-state index is 12.9. The van der Waals surface area contributed by atoms with E-state index in [0.717, 1.165) is 6.07 Å². The number of amides is 1. The molecule has 1 atom stereocenters. The molecule has 2 N–H and O–H groups in total. The summed E-state index contributed by atoms with van der Waals surface area (Å²) in [5, 5.41) is 19.5. The van der Waals surface area contributed by atoms with Crippen molar-refractivity contribution >= 4 is 11.9 Å². The highest BCUT2D eigenvalue weighted by Gasteiger charge is 2.29. The number of carboxylic acids is 1. The molecule has 0 bridgehead atoms. The average molecular weight is 417 g/mol. The number of carbonyl (C=O) groups excluding carboxylic acids is 1. The van der Waals surface area contributed by atoms with Gasteiger partial charge in [0.2, 0.25) is 17.1 Å². The molecule has 1 aliphatic heterocycles. The van der Waals surface area contributed by atoms with Gasteiger partial charge < -0.3 is 29.0 Å². The van der Waals surface area contributed by atoms with Gasteiger partial charge in [0.25, 0.3) is 0 Å². The zero-order chi connectivity index (χ0) is 21.7. The molecule has 1 aliphatic rings. The molecule has 30 heavy (non-hydrogen) atoms. The van der Waals surface area contributed by atoms with Crippen LogP contribution in [0, 0.1) is 0 Å². The maximum Gasteiger partial charge on any atom is 0.335 e. The second kappa shape index (κ2) is 9.55. The number of rotatable bonds is 7. The van der Waals surface area contributed by atoms with E-state index >= 15 is 0 Å². The van der Waals surface area contributed by atoms with Gasteiger partial charge in [-0.3, -0.25) is 9.59 Å². The normalized spacial score (nSPS) is 15.0. The maximum absolute atomic E-state index is 12.9. The molecule has 0 radical (unpaired) electrons. The van der Waals surface area contributed by atoms with Crippen LogP contribution in [-0.4, -0.2) is 60.4 Å². The zero-order valence-corrected chi connectivity index (χ0v) is 16.5. The van der Waals surface area contributed by atoms with Crippen LogP contribution in [0.5, 0.6) is 5.75 Å². The van der Waals surface area contributed by atoms with Crippen molar-refractivity contribution in [3.8, 4) is 5.75 Å². The number of aromatic hydroxyl groups is 1. The Hall–Kier alpha value is -3.17. The summed E-state index contributed by atoms with van der Waals surface area (Å²) in [6.07, 6.45) is -0.0701. The van der Waals surface area contributed by atoms with Crippen LogP contribution in [0.4, 0.5) is 0 Å². The summed E-state index contributed by atoms with van der Waals surface area (Å²) in [6, 6.07) is 7.03. The fourth-order valence-corrected chi connectivity index (χ4v) is 3.34. The molecule has 9 heteroatoms. The molecule has 160 valence electrons. The SMILES string of the molecule is COCc1cc(=O)c(O)c([C@H](CC(=O)N2CCOCC2)c2ccc(C(=O)O)cc2)o1. The van der Waals surface area contributed by atoms with Gasteiger partial charge in [0, 0.05) is 32.7 Å². The third kappa shape index (κ3) is 4.87. The minimum atomic E-state index is -1.08. The minimum Gasteiger partial charge on any atom is -0.502 e. The van der Waals surface area contributed by atoms with Crippen LogP contribution < -0.4 is 5.43 Å². The van der Waals surface area contributed by atoms with Crippen molar-refractivity contribution in [1.82, 2.24) is 4.90 Å². The molecule has 0 unspecified atom stereocenters. The second-order valence-corrected chi connectivity index (χ2v) is 6.90. The van der Waals surface area contributed by atoms with Crippen molar-refractivity contribution in [3.05, 3.63) is 63.2 Å². The van der Waals surface area contributed by atoms with Gasteiger partial charge in [0.1, 0.15) is 12.4 Å². The van der Waals surface area contributed by atoms with E-state index in [4.69, 9.17) is 19.0 Å². The van der Waals surface area contributed by atoms with E-state index in [2.05, 4.69) is 0 Å². The van der Waals surface area contributed by atoms with Crippen LogP contribution >= 0.6 is 0 Å². The highest BCUT2D eigenvalue weighted by atomic mass is 16.5. The fourth-order valence-electron chi connectivity index (χ4n) is 3.34. The minimum absolute atomic E-state index is 0.0185. The predicted octanol–water partition coefficient (Wildman–Crippen LogP) is 1.57. The highest BCUT2D eigenvalue weighted by Crippen LogP contribution is 2.34. The van der Waals surface area contributed by atoms with Crippen LogP contribution in [0.1, 0.15) is 39.8 Å². The van der Waals surface area contributed by atoms with E-state index in [1.165, 1.54) is 19.2 Å². The van der Waals surface area contributed by atoms with Gasteiger partial charge in [-0.2, -0.15) is 0 Å². The Labute approximate surface area is 172 Å². The highest BCUT2D eigenvalue weighted by molar-refractivity contribution is 5.87. The molecule has 0 spiro atoms. The lowest BCUT2D eigenvalue weighted by Crippen LogP contribution is -2.41. The summed E-state index contributed by atoms with van der Waals surface area (Å²) >= 11 is 0. The van der Waals surface area contributed by atoms with E-state index in [0.29, 0.717) is 31.9 Å². The molecular weight excluding hydrogens is 394 g/mol. The number of aromatic carboxylic acids is 1. The van der Waals surface area contributed by atoms with Gasteiger partial charge >= 0.3 is 5.97 Å². The van der Waals surface area contributed by atoms with Crippen molar-refractivity contribution in [1.29, 1.82) is 0 Å². The van der Waals surface area contributed by atoms with E-state index in [-0.39, 0.29) is 36.0 Å². The van der Waals surface area contributed by atoms with Crippen molar-refractivity contribution in [2.45, 2.75) is 18.9 Å². The first-order valence-corrected chi connectivity index (χ1v) is 9.44. The van der Waals surface area contributed by atoms with E-state index < -0.39 is 23.1 Å². The topological polar surface area (TPSA) is 127 Å². The Morgan fingerprint density at radius 3 is 2.47 bits per heavy atom. The van der Waals surface area contributed by atoms with Crippen LogP contribution in [0.15, 0.2) is 39.5 Å². The largest absolute Gasteiger partial charge is 0.502 e. The molecule has 1 fully saturated rings. The third-order valence-electron chi connectivity index (χ3n) is 4.91. The van der Waals surface area contributed by atoms with E-state index in [1.54, 1.807) is 17.0 Å². The first-order valence-electron chi connectivity index (χ1n) is 9.44. The monoisotopic (exact) mass is 417 g/mol. The Bertz CT molecular complexity index is 960. The third-order valence-corrected chi connectivity index (χ3v) is 4.91. The first-order chi connectivity index (χ1) is 14.4. The number of hydrogen-bond donors (Lipinski definition) is 2. The van der Waals surface area contributed by atoms with E-state index in [9.17, 15) is 19.5 Å². The van der Waals surface area contributed by atoms with Gasteiger partial charge in [-0.15, -0.1) is 0 Å². The number of morpholine rings is 1. The molecule has 1 aromatic carbocycles. The molecule has 2 aromatic rings. The molecule has 3 rings (SSSR count). The molecule has 1 amide bonds. The Morgan fingerprint density at radius 1 is 1.20 bits per heavy atom.